The Morgan fingerprint density at radius 1 is 1.20 bits per heavy atom. The SMILES string of the molecule is C=C1CC[C@H]2CCC[C@@H](O[Si](C)(C)C(C)(C)C)[C@]2(C)C1. The molecule has 20 heavy (non-hydrogen) atoms. The van der Waals surface area contributed by atoms with Crippen LogP contribution in [0.4, 0.5) is 0 Å². The monoisotopic (exact) mass is 294 g/mol. The number of hydrogen-bond donors (Lipinski definition) is 0. The first-order chi connectivity index (χ1) is 9.06. The van der Waals surface area contributed by atoms with Crippen LogP contribution in [0.5, 0.6) is 0 Å². The fourth-order valence-corrected chi connectivity index (χ4v) is 5.39. The van der Waals surface area contributed by atoms with Crippen LogP contribution >= 0.6 is 0 Å². The summed E-state index contributed by atoms with van der Waals surface area (Å²) in [4.78, 5) is 0. The van der Waals surface area contributed by atoms with Gasteiger partial charge in [-0.05, 0) is 61.6 Å². The molecule has 0 bridgehead atoms. The van der Waals surface area contributed by atoms with E-state index in [1.54, 1.807) is 0 Å². The first-order valence-corrected chi connectivity index (χ1v) is 11.3. The smallest absolute Gasteiger partial charge is 0.192 e. The van der Waals surface area contributed by atoms with Crippen molar-refractivity contribution in [1.29, 1.82) is 0 Å². The quantitative estimate of drug-likeness (QED) is 0.453. The summed E-state index contributed by atoms with van der Waals surface area (Å²) in [7, 11) is -1.67. The van der Waals surface area contributed by atoms with Gasteiger partial charge >= 0.3 is 0 Å². The van der Waals surface area contributed by atoms with Crippen LogP contribution in [0.3, 0.4) is 0 Å². The van der Waals surface area contributed by atoms with E-state index in [1.165, 1.54) is 44.1 Å². The van der Waals surface area contributed by atoms with E-state index >= 15 is 0 Å². The minimum Gasteiger partial charge on any atom is -0.413 e. The molecule has 1 nitrogen and oxygen atoms in total. The van der Waals surface area contributed by atoms with Crippen molar-refractivity contribution in [2.24, 2.45) is 11.3 Å². The lowest BCUT2D eigenvalue weighted by molar-refractivity contribution is -0.0454. The molecule has 0 amide bonds. The van der Waals surface area contributed by atoms with E-state index < -0.39 is 8.32 Å². The topological polar surface area (TPSA) is 9.23 Å². The van der Waals surface area contributed by atoms with Crippen LogP contribution in [0.1, 0.15) is 66.2 Å². The summed E-state index contributed by atoms with van der Waals surface area (Å²) in [6, 6.07) is 0. The van der Waals surface area contributed by atoms with Crippen LogP contribution in [0.15, 0.2) is 12.2 Å². The Labute approximate surface area is 127 Å². The Morgan fingerprint density at radius 2 is 1.85 bits per heavy atom. The van der Waals surface area contributed by atoms with Crippen molar-refractivity contribution in [2.75, 3.05) is 0 Å². The van der Waals surface area contributed by atoms with Gasteiger partial charge in [0.15, 0.2) is 8.32 Å². The highest BCUT2D eigenvalue weighted by Crippen LogP contribution is 2.54. The van der Waals surface area contributed by atoms with Gasteiger partial charge in [-0.1, -0.05) is 46.3 Å². The minimum absolute atomic E-state index is 0.308. The zero-order chi connectivity index (χ0) is 15.2. The molecule has 2 fully saturated rings. The van der Waals surface area contributed by atoms with Crippen molar-refractivity contribution in [3.63, 3.8) is 0 Å². The van der Waals surface area contributed by atoms with Gasteiger partial charge in [0.1, 0.15) is 0 Å². The van der Waals surface area contributed by atoms with Gasteiger partial charge in [-0.15, -0.1) is 0 Å². The maximum absolute atomic E-state index is 6.86. The molecule has 0 aliphatic heterocycles. The molecular formula is C18H34OSi. The van der Waals surface area contributed by atoms with Crippen LogP contribution in [0.2, 0.25) is 18.1 Å². The molecule has 0 spiro atoms. The molecule has 0 aromatic heterocycles. The Morgan fingerprint density at radius 3 is 2.45 bits per heavy atom. The second-order valence-electron chi connectivity index (χ2n) is 8.97. The normalized spacial score (nSPS) is 35.8. The van der Waals surface area contributed by atoms with E-state index in [4.69, 9.17) is 4.43 Å². The van der Waals surface area contributed by atoms with Gasteiger partial charge in [0, 0.05) is 0 Å². The molecule has 0 radical (unpaired) electrons. The van der Waals surface area contributed by atoms with E-state index in [1.807, 2.05) is 0 Å². The van der Waals surface area contributed by atoms with E-state index in [9.17, 15) is 0 Å². The lowest BCUT2D eigenvalue weighted by atomic mass is 9.58. The number of allylic oxidation sites excluding steroid dienone is 1. The highest BCUT2D eigenvalue weighted by atomic mass is 28.4. The second-order valence-corrected chi connectivity index (χ2v) is 13.7. The first kappa shape index (κ1) is 16.3. The molecule has 0 aromatic rings. The van der Waals surface area contributed by atoms with Crippen molar-refractivity contribution in [3.05, 3.63) is 12.2 Å². The Balaban J connectivity index is 2.20. The molecule has 2 rings (SSSR count). The number of rotatable bonds is 2. The average molecular weight is 295 g/mol. The maximum atomic E-state index is 6.86. The van der Waals surface area contributed by atoms with Crippen molar-refractivity contribution in [2.45, 2.75) is 90.5 Å². The molecule has 0 unspecified atom stereocenters. The van der Waals surface area contributed by atoms with Gasteiger partial charge in [0.2, 0.25) is 0 Å². The lowest BCUT2D eigenvalue weighted by Crippen LogP contribution is -2.53. The summed E-state index contributed by atoms with van der Waals surface area (Å²) in [5.74, 6) is 0.858. The van der Waals surface area contributed by atoms with Gasteiger partial charge in [-0.2, -0.15) is 0 Å². The molecule has 2 heteroatoms. The van der Waals surface area contributed by atoms with Crippen molar-refractivity contribution in [3.8, 4) is 0 Å². The Hall–Kier alpha value is -0.0831. The molecule has 0 aromatic carbocycles. The van der Waals surface area contributed by atoms with Crippen LogP contribution in [-0.2, 0) is 4.43 Å². The number of fused-ring (bicyclic) bond motifs is 1. The standard InChI is InChI=1S/C18H34OSi/c1-14-11-12-15-9-8-10-16(18(15,5)13-14)19-20(6,7)17(2,3)4/h15-16H,1,8-13H2,2-7H3/t15-,16-,18-/m1/s1. The van der Waals surface area contributed by atoms with Crippen LogP contribution in [-0.4, -0.2) is 14.4 Å². The largest absolute Gasteiger partial charge is 0.413 e. The summed E-state index contributed by atoms with van der Waals surface area (Å²) in [6.07, 6.45) is 8.25. The molecule has 2 saturated carbocycles. The molecular weight excluding hydrogens is 260 g/mol. The van der Waals surface area contributed by atoms with Crippen LogP contribution < -0.4 is 0 Å². The van der Waals surface area contributed by atoms with Gasteiger partial charge in [0.25, 0.3) is 0 Å². The van der Waals surface area contributed by atoms with Crippen LogP contribution in [0, 0.1) is 11.3 Å². The zero-order valence-electron chi connectivity index (χ0n) is 14.5. The van der Waals surface area contributed by atoms with Gasteiger partial charge in [0.05, 0.1) is 6.10 Å². The predicted octanol–water partition coefficient (Wildman–Crippen LogP) is 5.92. The summed E-state index contributed by atoms with van der Waals surface area (Å²) < 4.78 is 6.86. The molecule has 3 atom stereocenters. The van der Waals surface area contributed by atoms with Gasteiger partial charge < -0.3 is 4.43 Å². The van der Waals surface area contributed by atoms with Crippen molar-refractivity contribution >= 4 is 8.32 Å². The molecule has 0 saturated heterocycles. The number of hydrogen-bond acceptors (Lipinski definition) is 1. The molecule has 2 aliphatic rings. The summed E-state index contributed by atoms with van der Waals surface area (Å²) in [5.41, 5.74) is 1.80. The molecule has 0 heterocycles. The molecule has 2 aliphatic carbocycles. The maximum Gasteiger partial charge on any atom is 0.192 e. The lowest BCUT2D eigenvalue weighted by Gasteiger charge is -2.54. The van der Waals surface area contributed by atoms with Crippen LogP contribution in [0.25, 0.3) is 0 Å². The summed E-state index contributed by atoms with van der Waals surface area (Å²) in [5, 5.41) is 0.308. The second kappa shape index (κ2) is 5.28. The third-order valence-electron chi connectivity index (χ3n) is 6.41. The van der Waals surface area contributed by atoms with E-state index in [0.717, 1.165) is 5.92 Å². The Bertz CT molecular complexity index is 379. The highest BCUT2D eigenvalue weighted by Gasteiger charge is 2.50. The summed E-state index contributed by atoms with van der Waals surface area (Å²) >= 11 is 0. The zero-order valence-corrected chi connectivity index (χ0v) is 15.5. The fraction of sp³-hybridized carbons (Fsp3) is 0.889. The Kier molecular flexibility index (Phi) is 4.30. The third-order valence-corrected chi connectivity index (χ3v) is 10.9. The van der Waals surface area contributed by atoms with E-state index in [2.05, 4.69) is 47.4 Å². The summed E-state index contributed by atoms with van der Waals surface area (Å²) in [6.45, 7) is 18.6. The average Bonchev–Trinajstić information content (AvgIpc) is 2.28. The highest BCUT2D eigenvalue weighted by molar-refractivity contribution is 6.74. The van der Waals surface area contributed by atoms with Crippen molar-refractivity contribution in [1.82, 2.24) is 0 Å². The predicted molar refractivity (Wildman–Crippen MR) is 90.5 cm³/mol. The minimum atomic E-state index is -1.67. The third kappa shape index (κ3) is 2.92. The fourth-order valence-electron chi connectivity index (χ4n) is 3.94. The molecule has 0 N–H and O–H groups in total. The van der Waals surface area contributed by atoms with Gasteiger partial charge in [-0.25, -0.2) is 0 Å². The van der Waals surface area contributed by atoms with Crippen molar-refractivity contribution < 1.29 is 4.43 Å². The van der Waals surface area contributed by atoms with Gasteiger partial charge in [-0.3, -0.25) is 0 Å². The molecule has 116 valence electrons. The van der Waals surface area contributed by atoms with E-state index in [0.29, 0.717) is 16.6 Å². The first-order valence-electron chi connectivity index (χ1n) is 8.41. The van der Waals surface area contributed by atoms with E-state index in [-0.39, 0.29) is 0 Å².